The number of hydrogen-bond acceptors (Lipinski definition) is 6. The molecule has 6 heteroatoms. The number of ketones is 1. The van der Waals surface area contributed by atoms with Crippen molar-refractivity contribution in [1.29, 1.82) is 0 Å². The summed E-state index contributed by atoms with van der Waals surface area (Å²) in [5.41, 5.74) is 3.24. The van der Waals surface area contributed by atoms with Crippen LogP contribution in [0, 0.1) is 5.92 Å². The standard InChI is InChI=1S/C24H26O4S2/c1-27-18-5-4-16-11-17(22(25)20(16)12-18)14-28-19-6-3-15-7-8-24(26,21(15)13-19)23-29-9-2-10-30-23/h3-6,12-13,17,23,26H,2,7-11,14H2,1H3. The van der Waals surface area contributed by atoms with Crippen molar-refractivity contribution < 1.29 is 19.4 Å². The van der Waals surface area contributed by atoms with E-state index in [9.17, 15) is 9.90 Å². The third-order valence-corrected chi connectivity index (χ3v) is 9.66. The molecule has 2 aromatic carbocycles. The quantitative estimate of drug-likeness (QED) is 0.738. The van der Waals surface area contributed by atoms with Gasteiger partial charge in [0, 0.05) is 5.56 Å². The summed E-state index contributed by atoms with van der Waals surface area (Å²) in [6, 6.07) is 11.8. The number of ether oxygens (including phenoxy) is 2. The van der Waals surface area contributed by atoms with Crippen molar-refractivity contribution in [1.82, 2.24) is 0 Å². The first-order valence-corrected chi connectivity index (χ1v) is 12.6. The van der Waals surface area contributed by atoms with Crippen molar-refractivity contribution in [2.24, 2.45) is 5.92 Å². The molecule has 1 aliphatic heterocycles. The summed E-state index contributed by atoms with van der Waals surface area (Å²) in [4.78, 5) is 12.8. The van der Waals surface area contributed by atoms with Crippen LogP contribution in [0.25, 0.3) is 0 Å². The number of carbonyl (C=O) groups excluding carboxylic acids is 1. The van der Waals surface area contributed by atoms with E-state index in [1.807, 2.05) is 53.9 Å². The molecule has 1 saturated heterocycles. The largest absolute Gasteiger partial charge is 0.497 e. The van der Waals surface area contributed by atoms with E-state index >= 15 is 0 Å². The van der Waals surface area contributed by atoms with Crippen LogP contribution in [0.4, 0.5) is 0 Å². The Kier molecular flexibility index (Phi) is 5.50. The van der Waals surface area contributed by atoms with Gasteiger partial charge in [0.1, 0.15) is 17.1 Å². The summed E-state index contributed by atoms with van der Waals surface area (Å²) in [6.45, 7) is 0.347. The molecule has 3 aliphatic rings. The van der Waals surface area contributed by atoms with E-state index in [1.54, 1.807) is 7.11 Å². The summed E-state index contributed by atoms with van der Waals surface area (Å²) in [5, 5.41) is 11.5. The predicted octanol–water partition coefficient (Wildman–Crippen LogP) is 4.46. The summed E-state index contributed by atoms with van der Waals surface area (Å²) in [6.07, 6.45) is 3.58. The van der Waals surface area contributed by atoms with Crippen molar-refractivity contribution in [2.75, 3.05) is 25.2 Å². The SMILES string of the molecule is COc1ccc2c(c1)C(=O)C(COc1ccc3c(c1)C(O)(C1SCCCS1)CC3)C2. The van der Waals surface area contributed by atoms with Crippen LogP contribution in [-0.2, 0) is 18.4 Å². The molecule has 158 valence electrons. The molecular weight excluding hydrogens is 416 g/mol. The van der Waals surface area contributed by atoms with Gasteiger partial charge in [-0.05, 0) is 78.1 Å². The van der Waals surface area contributed by atoms with Gasteiger partial charge >= 0.3 is 0 Å². The number of aryl methyl sites for hydroxylation is 1. The zero-order chi connectivity index (χ0) is 20.7. The van der Waals surface area contributed by atoms with Gasteiger partial charge in [-0.2, -0.15) is 0 Å². The molecular formula is C24H26O4S2. The Morgan fingerprint density at radius 2 is 1.87 bits per heavy atom. The van der Waals surface area contributed by atoms with E-state index in [-0.39, 0.29) is 16.3 Å². The Morgan fingerprint density at radius 3 is 2.67 bits per heavy atom. The fraction of sp³-hybridized carbons (Fsp3) is 0.458. The molecule has 1 fully saturated rings. The maximum absolute atomic E-state index is 12.8. The molecule has 0 amide bonds. The second kappa shape index (κ2) is 8.13. The van der Waals surface area contributed by atoms with Crippen LogP contribution >= 0.6 is 23.5 Å². The Balaban J connectivity index is 1.30. The molecule has 0 radical (unpaired) electrons. The zero-order valence-corrected chi connectivity index (χ0v) is 18.7. The van der Waals surface area contributed by atoms with Gasteiger partial charge in [0.2, 0.25) is 0 Å². The number of fused-ring (bicyclic) bond motifs is 2. The average molecular weight is 443 g/mol. The molecule has 4 nitrogen and oxygen atoms in total. The van der Waals surface area contributed by atoms with Gasteiger partial charge in [-0.25, -0.2) is 0 Å². The number of hydrogen-bond donors (Lipinski definition) is 1. The Bertz CT molecular complexity index is 970. The molecule has 5 rings (SSSR count). The minimum absolute atomic E-state index is 0.122. The Hall–Kier alpha value is -1.63. The van der Waals surface area contributed by atoms with E-state index in [1.165, 1.54) is 12.0 Å². The highest BCUT2D eigenvalue weighted by molar-refractivity contribution is 8.17. The highest BCUT2D eigenvalue weighted by atomic mass is 32.2. The number of Topliss-reactive ketones (excluding diaryl/α,β-unsaturated/α-hetero) is 1. The normalized spacial score (nSPS) is 25.8. The second-order valence-electron chi connectivity index (χ2n) is 8.27. The number of benzene rings is 2. The topological polar surface area (TPSA) is 55.8 Å². The maximum Gasteiger partial charge on any atom is 0.170 e. The van der Waals surface area contributed by atoms with Crippen molar-refractivity contribution in [2.45, 2.75) is 35.9 Å². The van der Waals surface area contributed by atoms with Crippen LogP contribution in [0.3, 0.4) is 0 Å². The van der Waals surface area contributed by atoms with E-state index in [0.29, 0.717) is 18.8 Å². The molecule has 2 atom stereocenters. The summed E-state index contributed by atoms with van der Waals surface area (Å²) < 4.78 is 11.5. The van der Waals surface area contributed by atoms with Crippen LogP contribution in [0.2, 0.25) is 0 Å². The van der Waals surface area contributed by atoms with Gasteiger partial charge in [-0.15, -0.1) is 23.5 Å². The fourth-order valence-corrected chi connectivity index (χ4v) is 7.97. The maximum atomic E-state index is 12.8. The van der Waals surface area contributed by atoms with Gasteiger partial charge in [0.15, 0.2) is 5.78 Å². The highest BCUT2D eigenvalue weighted by Gasteiger charge is 2.45. The zero-order valence-electron chi connectivity index (χ0n) is 17.1. The van der Waals surface area contributed by atoms with Crippen molar-refractivity contribution >= 4 is 29.3 Å². The lowest BCUT2D eigenvalue weighted by molar-refractivity contribution is 0.0560. The molecule has 1 heterocycles. The van der Waals surface area contributed by atoms with Crippen molar-refractivity contribution in [3.8, 4) is 11.5 Å². The first-order chi connectivity index (χ1) is 14.6. The second-order valence-corrected chi connectivity index (χ2v) is 11.0. The summed E-state index contributed by atoms with van der Waals surface area (Å²) in [5.74, 6) is 3.61. The Labute approximate surface area is 185 Å². The lowest BCUT2D eigenvalue weighted by atomic mass is 9.97. The van der Waals surface area contributed by atoms with Gasteiger partial charge < -0.3 is 14.6 Å². The lowest BCUT2D eigenvalue weighted by Crippen LogP contribution is -2.35. The monoisotopic (exact) mass is 442 g/mol. The Morgan fingerprint density at radius 1 is 1.10 bits per heavy atom. The molecule has 2 unspecified atom stereocenters. The number of aliphatic hydroxyl groups is 1. The molecule has 0 bridgehead atoms. The van der Waals surface area contributed by atoms with Crippen molar-refractivity contribution in [3.63, 3.8) is 0 Å². The molecule has 2 aromatic rings. The number of methoxy groups -OCH3 is 1. The van der Waals surface area contributed by atoms with Gasteiger partial charge in [-0.1, -0.05) is 12.1 Å². The molecule has 2 aliphatic carbocycles. The van der Waals surface area contributed by atoms with Gasteiger partial charge in [-0.3, -0.25) is 4.79 Å². The van der Waals surface area contributed by atoms with Gasteiger partial charge in [0.05, 0.1) is 24.2 Å². The molecule has 0 saturated carbocycles. The molecule has 30 heavy (non-hydrogen) atoms. The highest BCUT2D eigenvalue weighted by Crippen LogP contribution is 2.50. The predicted molar refractivity (Wildman–Crippen MR) is 122 cm³/mol. The number of thioether (sulfide) groups is 2. The lowest BCUT2D eigenvalue weighted by Gasteiger charge is -2.35. The molecule has 0 spiro atoms. The molecule has 0 aromatic heterocycles. The summed E-state index contributed by atoms with van der Waals surface area (Å²) in [7, 11) is 1.61. The number of carbonyl (C=O) groups is 1. The van der Waals surface area contributed by atoms with Crippen LogP contribution in [0.5, 0.6) is 11.5 Å². The smallest absolute Gasteiger partial charge is 0.170 e. The third-order valence-electron chi connectivity index (χ3n) is 6.41. The third kappa shape index (κ3) is 3.53. The van der Waals surface area contributed by atoms with E-state index in [0.717, 1.165) is 46.8 Å². The van der Waals surface area contributed by atoms with E-state index in [2.05, 4.69) is 6.07 Å². The summed E-state index contributed by atoms with van der Waals surface area (Å²) >= 11 is 3.75. The van der Waals surface area contributed by atoms with Crippen LogP contribution in [-0.4, -0.2) is 40.7 Å². The average Bonchev–Trinajstić information content (AvgIpc) is 3.30. The van der Waals surface area contributed by atoms with Crippen molar-refractivity contribution in [3.05, 3.63) is 58.7 Å². The minimum atomic E-state index is -0.791. The fourth-order valence-electron chi connectivity index (χ4n) is 4.73. The van der Waals surface area contributed by atoms with Gasteiger partial charge in [0.25, 0.3) is 0 Å². The minimum Gasteiger partial charge on any atom is -0.497 e. The van der Waals surface area contributed by atoms with Crippen LogP contribution < -0.4 is 9.47 Å². The van der Waals surface area contributed by atoms with Crippen LogP contribution in [0.15, 0.2) is 36.4 Å². The number of rotatable bonds is 5. The first kappa shape index (κ1) is 20.3. The van der Waals surface area contributed by atoms with E-state index < -0.39 is 5.60 Å². The first-order valence-electron chi connectivity index (χ1n) is 10.5. The molecule has 1 N–H and O–H groups in total. The van der Waals surface area contributed by atoms with E-state index in [4.69, 9.17) is 9.47 Å². The van der Waals surface area contributed by atoms with Crippen LogP contribution in [0.1, 0.15) is 39.9 Å².